The lowest BCUT2D eigenvalue weighted by Crippen LogP contribution is -2.55. The summed E-state index contributed by atoms with van der Waals surface area (Å²) in [6.07, 6.45) is 0. The van der Waals surface area contributed by atoms with Crippen LogP contribution in [-0.2, 0) is 14.4 Å². The van der Waals surface area contributed by atoms with E-state index in [1.807, 2.05) is 0 Å². The van der Waals surface area contributed by atoms with Crippen LogP contribution in [0, 0.1) is 0 Å². The lowest BCUT2D eigenvalue weighted by molar-refractivity contribution is -0.152. The molecule has 0 aliphatic carbocycles. The molecule has 2 aromatic rings. The van der Waals surface area contributed by atoms with Gasteiger partial charge in [0, 0.05) is 23.1 Å². The number of amides is 2. The quantitative estimate of drug-likeness (QED) is 0.513. The number of ether oxygens (including phenoxy) is 1. The van der Waals surface area contributed by atoms with Crippen LogP contribution < -0.4 is 10.2 Å². The van der Waals surface area contributed by atoms with Crippen LogP contribution in [0.5, 0.6) is 5.75 Å². The van der Waals surface area contributed by atoms with Crippen LogP contribution in [0.1, 0.15) is 36.7 Å². The molecule has 0 spiro atoms. The van der Waals surface area contributed by atoms with Crippen LogP contribution in [0.2, 0.25) is 5.02 Å². The molecule has 0 bridgehead atoms. The first-order chi connectivity index (χ1) is 14.0. The average molecular weight is 433 g/mol. The molecule has 0 saturated carbocycles. The smallest absolute Gasteiger partial charge is 0.325 e. The zero-order chi connectivity index (χ0) is 22.5. The molecule has 0 aliphatic heterocycles. The van der Waals surface area contributed by atoms with Crippen molar-refractivity contribution in [2.75, 3.05) is 6.54 Å². The third kappa shape index (κ3) is 6.05. The van der Waals surface area contributed by atoms with E-state index in [-0.39, 0.29) is 5.78 Å². The molecule has 0 radical (unpaired) electrons. The molecule has 2 amide bonds. The minimum atomic E-state index is -1.42. The van der Waals surface area contributed by atoms with Gasteiger partial charge in [0.25, 0.3) is 5.91 Å². The molecular formula is C21H21ClN2O6. The van der Waals surface area contributed by atoms with Gasteiger partial charge in [0.05, 0.1) is 0 Å². The first kappa shape index (κ1) is 22.9. The molecule has 8 nitrogen and oxygen atoms in total. The Morgan fingerprint density at radius 2 is 1.50 bits per heavy atom. The average Bonchev–Trinajstić information content (AvgIpc) is 2.67. The maximum absolute atomic E-state index is 12.5. The number of carbonyl (C=O) groups is 4. The van der Waals surface area contributed by atoms with Gasteiger partial charge in [-0.1, -0.05) is 11.6 Å². The van der Waals surface area contributed by atoms with Gasteiger partial charge in [0.15, 0.2) is 11.4 Å². The van der Waals surface area contributed by atoms with Gasteiger partial charge < -0.3 is 9.84 Å². The molecule has 2 aromatic carbocycles. The Bertz CT molecular complexity index is 954. The van der Waals surface area contributed by atoms with Crippen molar-refractivity contribution in [2.45, 2.75) is 26.4 Å². The maximum Gasteiger partial charge on any atom is 0.325 e. The number of rotatable bonds is 7. The van der Waals surface area contributed by atoms with E-state index in [9.17, 15) is 19.2 Å². The number of carboxylic acid groups (broad SMARTS) is 1. The standard InChI is InChI=1S/C21H21ClN2O6/c1-13(25)24(12-18(26)27)23-20(29)21(2,3)30-17-10-6-15(7-11-17)19(28)14-4-8-16(22)9-5-14/h4-11H,12H2,1-3H3,(H,23,29)(H,26,27). The summed E-state index contributed by atoms with van der Waals surface area (Å²) in [6.45, 7) is 3.38. The molecular weight excluding hydrogens is 412 g/mol. The van der Waals surface area contributed by atoms with Crippen LogP contribution in [0.3, 0.4) is 0 Å². The van der Waals surface area contributed by atoms with Crippen molar-refractivity contribution in [3.8, 4) is 5.75 Å². The van der Waals surface area contributed by atoms with Crippen LogP contribution in [0.15, 0.2) is 48.5 Å². The number of hydrogen-bond donors (Lipinski definition) is 2. The number of nitrogens with zero attached hydrogens (tertiary/aromatic N) is 1. The van der Waals surface area contributed by atoms with Crippen LogP contribution in [0.4, 0.5) is 0 Å². The van der Waals surface area contributed by atoms with Gasteiger partial charge in [-0.25, -0.2) is 5.01 Å². The molecule has 0 atom stereocenters. The zero-order valence-electron chi connectivity index (χ0n) is 16.6. The number of aliphatic carboxylic acids is 1. The third-order valence-corrected chi connectivity index (χ3v) is 4.30. The topological polar surface area (TPSA) is 113 Å². The molecule has 0 saturated heterocycles. The predicted octanol–water partition coefficient (Wildman–Crippen LogP) is 2.69. The van der Waals surface area contributed by atoms with Crippen LogP contribution in [-0.4, -0.2) is 45.8 Å². The van der Waals surface area contributed by atoms with Crippen molar-refractivity contribution in [1.82, 2.24) is 10.4 Å². The molecule has 0 aliphatic rings. The Labute approximate surface area is 178 Å². The Morgan fingerprint density at radius 3 is 1.97 bits per heavy atom. The van der Waals surface area contributed by atoms with E-state index in [4.69, 9.17) is 21.4 Å². The van der Waals surface area contributed by atoms with E-state index >= 15 is 0 Å². The summed E-state index contributed by atoms with van der Waals surface area (Å²) < 4.78 is 5.68. The van der Waals surface area contributed by atoms with E-state index in [0.717, 1.165) is 6.92 Å². The van der Waals surface area contributed by atoms with Gasteiger partial charge in [0.2, 0.25) is 5.91 Å². The number of carboxylic acids is 1. The number of hydrogen-bond acceptors (Lipinski definition) is 5. The lowest BCUT2D eigenvalue weighted by Gasteiger charge is -2.29. The summed E-state index contributed by atoms with van der Waals surface area (Å²) in [6, 6.07) is 12.7. The highest BCUT2D eigenvalue weighted by Crippen LogP contribution is 2.21. The largest absolute Gasteiger partial charge is 0.480 e. The van der Waals surface area contributed by atoms with Crippen molar-refractivity contribution in [2.24, 2.45) is 0 Å². The summed E-state index contributed by atoms with van der Waals surface area (Å²) in [5.74, 6) is -2.49. The first-order valence-corrected chi connectivity index (χ1v) is 9.28. The Hall–Kier alpha value is -3.39. The predicted molar refractivity (Wildman–Crippen MR) is 109 cm³/mol. The lowest BCUT2D eigenvalue weighted by atomic mass is 10.0. The molecule has 2 N–H and O–H groups in total. The number of nitrogens with one attached hydrogen (secondary N) is 1. The normalized spacial score (nSPS) is 10.8. The summed E-state index contributed by atoms with van der Waals surface area (Å²) in [7, 11) is 0. The maximum atomic E-state index is 12.5. The minimum Gasteiger partial charge on any atom is -0.480 e. The SMILES string of the molecule is CC(=O)N(CC(=O)O)NC(=O)C(C)(C)Oc1ccc(C(=O)c2ccc(Cl)cc2)cc1. The minimum absolute atomic E-state index is 0.194. The number of carbonyl (C=O) groups excluding carboxylic acids is 3. The molecule has 9 heteroatoms. The fraction of sp³-hybridized carbons (Fsp3) is 0.238. The van der Waals surface area contributed by atoms with E-state index in [1.165, 1.54) is 26.0 Å². The van der Waals surface area contributed by atoms with Crippen molar-refractivity contribution in [3.05, 3.63) is 64.7 Å². The van der Waals surface area contributed by atoms with E-state index < -0.39 is 29.9 Å². The van der Waals surface area contributed by atoms with E-state index in [0.29, 0.717) is 26.9 Å². The van der Waals surface area contributed by atoms with Gasteiger partial charge >= 0.3 is 5.97 Å². The first-order valence-electron chi connectivity index (χ1n) is 8.90. The van der Waals surface area contributed by atoms with Crippen LogP contribution >= 0.6 is 11.6 Å². The van der Waals surface area contributed by atoms with Gasteiger partial charge in [-0.15, -0.1) is 0 Å². The molecule has 158 valence electrons. The molecule has 0 fully saturated rings. The van der Waals surface area contributed by atoms with Gasteiger partial charge in [-0.3, -0.25) is 24.6 Å². The van der Waals surface area contributed by atoms with E-state index in [2.05, 4.69) is 5.43 Å². The summed E-state index contributed by atoms with van der Waals surface area (Å²) >= 11 is 5.83. The Kier molecular flexibility index (Phi) is 7.18. The third-order valence-electron chi connectivity index (χ3n) is 4.05. The van der Waals surface area contributed by atoms with Crippen molar-refractivity contribution < 1.29 is 29.0 Å². The fourth-order valence-electron chi connectivity index (χ4n) is 2.41. The number of ketones is 1. The van der Waals surface area contributed by atoms with E-state index in [1.54, 1.807) is 36.4 Å². The van der Waals surface area contributed by atoms with Crippen molar-refractivity contribution in [3.63, 3.8) is 0 Å². The second-order valence-electron chi connectivity index (χ2n) is 6.91. The summed E-state index contributed by atoms with van der Waals surface area (Å²) in [5, 5.41) is 10.1. The zero-order valence-corrected chi connectivity index (χ0v) is 17.4. The van der Waals surface area contributed by atoms with Crippen molar-refractivity contribution >= 4 is 35.2 Å². The Morgan fingerprint density at radius 1 is 1.00 bits per heavy atom. The van der Waals surface area contributed by atoms with Gasteiger partial charge in [-0.2, -0.15) is 0 Å². The Balaban J connectivity index is 2.08. The number of hydrazine groups is 1. The highest BCUT2D eigenvalue weighted by atomic mass is 35.5. The van der Waals surface area contributed by atoms with Crippen LogP contribution in [0.25, 0.3) is 0 Å². The molecule has 0 aromatic heterocycles. The summed E-state index contributed by atoms with van der Waals surface area (Å²) in [4.78, 5) is 47.3. The highest BCUT2D eigenvalue weighted by molar-refractivity contribution is 6.30. The second kappa shape index (κ2) is 9.41. The summed E-state index contributed by atoms with van der Waals surface area (Å²) in [5.41, 5.74) is 1.72. The van der Waals surface area contributed by atoms with Gasteiger partial charge in [0.1, 0.15) is 12.3 Å². The van der Waals surface area contributed by atoms with Gasteiger partial charge in [-0.05, 0) is 62.4 Å². The second-order valence-corrected chi connectivity index (χ2v) is 7.35. The fourth-order valence-corrected chi connectivity index (χ4v) is 2.53. The highest BCUT2D eigenvalue weighted by Gasteiger charge is 2.32. The number of halogens is 1. The monoisotopic (exact) mass is 432 g/mol. The molecule has 30 heavy (non-hydrogen) atoms. The number of benzene rings is 2. The molecule has 2 rings (SSSR count). The molecule has 0 heterocycles. The van der Waals surface area contributed by atoms with Crippen molar-refractivity contribution in [1.29, 1.82) is 0 Å². The molecule has 0 unspecified atom stereocenters.